The third kappa shape index (κ3) is 2.88. The van der Waals surface area contributed by atoms with Gasteiger partial charge in [-0.15, -0.1) is 0 Å². The first-order chi connectivity index (χ1) is 10.9. The molecule has 118 valence electrons. The average molecular weight is 300 g/mol. The van der Waals surface area contributed by atoms with Crippen molar-refractivity contribution < 1.29 is 4.74 Å². The van der Waals surface area contributed by atoms with Crippen molar-refractivity contribution in [2.45, 2.75) is 44.8 Å². The summed E-state index contributed by atoms with van der Waals surface area (Å²) in [5.74, 6) is 1.93. The fraction of sp³-hybridized carbons (Fsp3) is 0.647. The Bertz CT molecular complexity index is 627. The second kappa shape index (κ2) is 6.34. The van der Waals surface area contributed by atoms with Crippen LogP contribution >= 0.6 is 0 Å². The predicted octanol–water partition coefficient (Wildman–Crippen LogP) is 2.15. The molecule has 0 amide bonds. The molecular weight excluding hydrogens is 276 g/mol. The SMILES string of the molecule is c1cnc2c(c1)nc(CC1CCNCC1)n2CC1CCCO1. The van der Waals surface area contributed by atoms with E-state index in [4.69, 9.17) is 9.72 Å². The second-order valence-electron chi connectivity index (χ2n) is 6.52. The van der Waals surface area contributed by atoms with E-state index in [1.54, 1.807) is 0 Å². The monoisotopic (exact) mass is 300 g/mol. The molecular formula is C17H24N4O. The van der Waals surface area contributed by atoms with Crippen molar-refractivity contribution in [1.29, 1.82) is 0 Å². The highest BCUT2D eigenvalue weighted by Gasteiger charge is 2.22. The summed E-state index contributed by atoms with van der Waals surface area (Å²) in [7, 11) is 0. The van der Waals surface area contributed by atoms with E-state index in [9.17, 15) is 0 Å². The van der Waals surface area contributed by atoms with Gasteiger partial charge in [-0.2, -0.15) is 0 Å². The van der Waals surface area contributed by atoms with Crippen LogP contribution in [-0.4, -0.2) is 40.3 Å². The molecule has 2 saturated heterocycles. The van der Waals surface area contributed by atoms with Gasteiger partial charge in [0.25, 0.3) is 0 Å². The fourth-order valence-electron chi connectivity index (χ4n) is 3.69. The highest BCUT2D eigenvalue weighted by atomic mass is 16.5. The molecule has 2 aliphatic rings. The number of pyridine rings is 1. The van der Waals surface area contributed by atoms with Gasteiger partial charge in [0, 0.05) is 19.2 Å². The molecule has 0 aliphatic carbocycles. The summed E-state index contributed by atoms with van der Waals surface area (Å²) >= 11 is 0. The number of aromatic nitrogens is 3. The Balaban J connectivity index is 1.62. The van der Waals surface area contributed by atoms with Crippen molar-refractivity contribution >= 4 is 11.2 Å². The third-order valence-corrected chi connectivity index (χ3v) is 4.92. The van der Waals surface area contributed by atoms with E-state index in [-0.39, 0.29) is 0 Å². The van der Waals surface area contributed by atoms with Crippen molar-refractivity contribution in [2.75, 3.05) is 19.7 Å². The lowest BCUT2D eigenvalue weighted by Crippen LogP contribution is -2.29. The number of hydrogen-bond acceptors (Lipinski definition) is 4. The first-order valence-corrected chi connectivity index (χ1v) is 8.52. The maximum atomic E-state index is 5.83. The van der Waals surface area contributed by atoms with E-state index >= 15 is 0 Å². The second-order valence-corrected chi connectivity index (χ2v) is 6.52. The Morgan fingerprint density at radius 3 is 3.00 bits per heavy atom. The van der Waals surface area contributed by atoms with E-state index in [0.717, 1.165) is 56.2 Å². The van der Waals surface area contributed by atoms with Crippen molar-refractivity contribution in [2.24, 2.45) is 5.92 Å². The van der Waals surface area contributed by atoms with Crippen LogP contribution in [0.1, 0.15) is 31.5 Å². The summed E-state index contributed by atoms with van der Waals surface area (Å²) in [5, 5.41) is 3.44. The molecule has 1 N–H and O–H groups in total. The van der Waals surface area contributed by atoms with Crippen LogP contribution in [0.25, 0.3) is 11.2 Å². The summed E-state index contributed by atoms with van der Waals surface area (Å²) in [4.78, 5) is 9.44. The molecule has 4 heterocycles. The first kappa shape index (κ1) is 14.2. The van der Waals surface area contributed by atoms with Crippen LogP contribution < -0.4 is 5.32 Å². The van der Waals surface area contributed by atoms with E-state index < -0.39 is 0 Å². The lowest BCUT2D eigenvalue weighted by atomic mass is 9.94. The summed E-state index contributed by atoms with van der Waals surface area (Å²) in [6.07, 6.45) is 8.07. The maximum Gasteiger partial charge on any atom is 0.160 e. The summed E-state index contributed by atoms with van der Waals surface area (Å²) < 4.78 is 8.15. The van der Waals surface area contributed by atoms with E-state index in [1.807, 2.05) is 12.3 Å². The van der Waals surface area contributed by atoms with Gasteiger partial charge in [0.05, 0.1) is 12.6 Å². The van der Waals surface area contributed by atoms with Crippen molar-refractivity contribution in [1.82, 2.24) is 19.9 Å². The molecule has 0 aromatic carbocycles. The van der Waals surface area contributed by atoms with Crippen molar-refractivity contribution in [3.05, 3.63) is 24.2 Å². The highest BCUT2D eigenvalue weighted by Crippen LogP contribution is 2.23. The summed E-state index contributed by atoms with van der Waals surface area (Å²) in [5.41, 5.74) is 2.03. The van der Waals surface area contributed by atoms with Gasteiger partial charge in [-0.3, -0.25) is 0 Å². The number of ether oxygens (including phenoxy) is 1. The van der Waals surface area contributed by atoms with Gasteiger partial charge in [0.1, 0.15) is 11.3 Å². The molecule has 1 atom stereocenters. The highest BCUT2D eigenvalue weighted by molar-refractivity contribution is 5.71. The third-order valence-electron chi connectivity index (χ3n) is 4.92. The fourth-order valence-corrected chi connectivity index (χ4v) is 3.69. The topological polar surface area (TPSA) is 52.0 Å². The predicted molar refractivity (Wildman–Crippen MR) is 85.8 cm³/mol. The van der Waals surface area contributed by atoms with Crippen LogP contribution in [0.2, 0.25) is 0 Å². The molecule has 0 radical (unpaired) electrons. The standard InChI is InChI=1S/C17H24N4O/c1-4-15-17(19-7-1)21(12-14-3-2-10-22-14)16(20-15)11-13-5-8-18-9-6-13/h1,4,7,13-14,18H,2-3,5-6,8-12H2. The molecule has 4 rings (SSSR count). The zero-order valence-electron chi connectivity index (χ0n) is 13.0. The molecule has 2 aromatic rings. The molecule has 2 fully saturated rings. The van der Waals surface area contributed by atoms with Gasteiger partial charge >= 0.3 is 0 Å². The minimum absolute atomic E-state index is 0.325. The molecule has 0 saturated carbocycles. The Kier molecular flexibility index (Phi) is 4.08. The van der Waals surface area contributed by atoms with Crippen LogP contribution in [0.5, 0.6) is 0 Å². The smallest absolute Gasteiger partial charge is 0.160 e. The Morgan fingerprint density at radius 1 is 1.27 bits per heavy atom. The number of imidazole rings is 1. The van der Waals surface area contributed by atoms with Gasteiger partial charge in [-0.1, -0.05) is 0 Å². The molecule has 0 spiro atoms. The summed E-state index contributed by atoms with van der Waals surface area (Å²) in [6.45, 7) is 4.06. The van der Waals surface area contributed by atoms with Crippen molar-refractivity contribution in [3.63, 3.8) is 0 Å². The lowest BCUT2D eigenvalue weighted by Gasteiger charge is -2.23. The lowest BCUT2D eigenvalue weighted by molar-refractivity contribution is 0.0968. The van der Waals surface area contributed by atoms with Crippen LogP contribution in [0, 0.1) is 5.92 Å². The van der Waals surface area contributed by atoms with Crippen LogP contribution in [0.3, 0.4) is 0 Å². The minimum atomic E-state index is 0.325. The number of fused-ring (bicyclic) bond motifs is 1. The Labute approximate surface area is 131 Å². The molecule has 22 heavy (non-hydrogen) atoms. The largest absolute Gasteiger partial charge is 0.376 e. The zero-order valence-corrected chi connectivity index (χ0v) is 13.0. The maximum absolute atomic E-state index is 5.83. The van der Waals surface area contributed by atoms with Gasteiger partial charge in [0.2, 0.25) is 0 Å². The number of nitrogens with zero attached hydrogens (tertiary/aromatic N) is 3. The number of nitrogens with one attached hydrogen (secondary N) is 1. The quantitative estimate of drug-likeness (QED) is 0.940. The average Bonchev–Trinajstić information content (AvgIpc) is 3.18. The Morgan fingerprint density at radius 2 is 2.18 bits per heavy atom. The Hall–Kier alpha value is -1.46. The van der Waals surface area contributed by atoms with Gasteiger partial charge < -0.3 is 14.6 Å². The minimum Gasteiger partial charge on any atom is -0.376 e. The van der Waals surface area contributed by atoms with Gasteiger partial charge in [-0.05, 0) is 56.8 Å². The number of rotatable bonds is 4. The zero-order chi connectivity index (χ0) is 14.8. The molecule has 5 heteroatoms. The summed E-state index contributed by atoms with van der Waals surface area (Å²) in [6, 6.07) is 4.04. The molecule has 1 unspecified atom stereocenters. The van der Waals surface area contributed by atoms with Crippen LogP contribution in [0.4, 0.5) is 0 Å². The molecule has 2 aromatic heterocycles. The number of hydrogen-bond donors (Lipinski definition) is 1. The van der Waals surface area contributed by atoms with E-state index in [1.165, 1.54) is 25.1 Å². The van der Waals surface area contributed by atoms with Gasteiger partial charge in [-0.25, -0.2) is 9.97 Å². The molecule has 2 aliphatic heterocycles. The van der Waals surface area contributed by atoms with Crippen LogP contribution in [-0.2, 0) is 17.7 Å². The number of piperidine rings is 1. The molecule has 5 nitrogen and oxygen atoms in total. The first-order valence-electron chi connectivity index (χ1n) is 8.52. The van der Waals surface area contributed by atoms with E-state index in [2.05, 4.69) is 20.9 Å². The van der Waals surface area contributed by atoms with E-state index in [0.29, 0.717) is 6.10 Å². The molecule has 0 bridgehead atoms. The van der Waals surface area contributed by atoms with Crippen LogP contribution in [0.15, 0.2) is 18.3 Å². The normalized spacial score (nSPS) is 23.4. The van der Waals surface area contributed by atoms with Gasteiger partial charge in [0.15, 0.2) is 5.65 Å². The van der Waals surface area contributed by atoms with Crippen molar-refractivity contribution in [3.8, 4) is 0 Å².